The number of hydrogen-bond acceptors (Lipinski definition) is 10. The number of aliphatic hydroxyl groups is 1. The quantitative estimate of drug-likeness (QED) is 0.370. The van der Waals surface area contributed by atoms with Crippen molar-refractivity contribution in [3.8, 4) is 17.6 Å². The second-order valence-electron chi connectivity index (χ2n) is 7.46. The molecule has 0 unspecified atom stereocenters. The number of nitrogens with zero attached hydrogens (tertiary/aromatic N) is 6. The number of halogens is 4. The van der Waals surface area contributed by atoms with E-state index in [9.17, 15) is 23.1 Å². The van der Waals surface area contributed by atoms with Crippen molar-refractivity contribution in [1.29, 1.82) is 0 Å². The molecule has 0 saturated carbocycles. The predicted octanol–water partition coefficient (Wildman–Crippen LogP) is 1.39. The summed E-state index contributed by atoms with van der Waals surface area (Å²) in [6, 6.07) is 0. The minimum absolute atomic E-state index is 0.00281. The maximum Gasteiger partial charge on any atom is 0.425 e. The lowest BCUT2D eigenvalue weighted by Crippen LogP contribution is -2.32. The molecule has 16 heteroatoms. The van der Waals surface area contributed by atoms with Crippen molar-refractivity contribution in [2.45, 2.75) is 45.4 Å². The second-order valence-corrected chi connectivity index (χ2v) is 7.46. The Labute approximate surface area is 201 Å². The first-order valence-electron chi connectivity index (χ1n) is 10.6. The first-order valence-corrected chi connectivity index (χ1v) is 10.6. The molecule has 12 nitrogen and oxygen atoms in total. The molecule has 0 amide bonds. The third kappa shape index (κ3) is 5.39. The lowest BCUT2D eigenvalue weighted by molar-refractivity contribution is -0.189. The third-order valence-electron chi connectivity index (χ3n) is 5.00. The van der Waals surface area contributed by atoms with Crippen LogP contribution in [-0.4, -0.2) is 80.5 Å². The average Bonchev–Trinajstić information content (AvgIpc) is 3.15. The van der Waals surface area contributed by atoms with Crippen molar-refractivity contribution in [2.24, 2.45) is 0 Å². The van der Waals surface area contributed by atoms with E-state index in [2.05, 4.69) is 20.3 Å². The summed E-state index contributed by atoms with van der Waals surface area (Å²) in [5.41, 5.74) is -0.874. The number of hydrogen-bond donors (Lipinski definition) is 1. The Morgan fingerprint density at radius 3 is 2.33 bits per heavy atom. The topological polar surface area (TPSA) is 136 Å². The van der Waals surface area contributed by atoms with Gasteiger partial charge in [0, 0.05) is 20.8 Å². The van der Waals surface area contributed by atoms with Crippen molar-refractivity contribution in [3.63, 3.8) is 0 Å². The molecular weight excluding hydrogens is 496 g/mol. The number of rotatable bonds is 11. The van der Waals surface area contributed by atoms with E-state index in [0.29, 0.717) is 4.68 Å². The van der Waals surface area contributed by atoms with Crippen molar-refractivity contribution < 1.29 is 41.6 Å². The fourth-order valence-electron chi connectivity index (χ4n) is 3.26. The van der Waals surface area contributed by atoms with Gasteiger partial charge in [0.25, 0.3) is 0 Å². The van der Waals surface area contributed by atoms with E-state index in [4.69, 9.17) is 18.9 Å². The summed E-state index contributed by atoms with van der Waals surface area (Å²) >= 11 is 0. The molecule has 1 N–H and O–H groups in total. The Morgan fingerprint density at radius 2 is 1.81 bits per heavy atom. The molecule has 3 aromatic heterocycles. The zero-order valence-electron chi connectivity index (χ0n) is 19.7. The zero-order chi connectivity index (χ0) is 26.6. The first kappa shape index (κ1) is 27.2. The number of fused-ring (bicyclic) bond motifs is 1. The maximum absolute atomic E-state index is 15.7. The Morgan fingerprint density at radius 1 is 1.14 bits per heavy atom. The fourth-order valence-corrected chi connectivity index (χ4v) is 3.26. The summed E-state index contributed by atoms with van der Waals surface area (Å²) in [6.45, 7) is 1.76. The van der Waals surface area contributed by atoms with Gasteiger partial charge in [-0.15, -0.1) is 10.2 Å². The van der Waals surface area contributed by atoms with Gasteiger partial charge >= 0.3 is 11.9 Å². The van der Waals surface area contributed by atoms with Gasteiger partial charge in [0.1, 0.15) is 18.1 Å². The average molecular weight is 520 g/mol. The van der Waals surface area contributed by atoms with Crippen molar-refractivity contribution in [3.05, 3.63) is 28.3 Å². The van der Waals surface area contributed by atoms with E-state index in [0.717, 1.165) is 17.7 Å². The Bertz CT molecular complexity index is 1260. The van der Waals surface area contributed by atoms with Crippen LogP contribution in [0.3, 0.4) is 0 Å². The molecule has 3 heterocycles. The van der Waals surface area contributed by atoms with Gasteiger partial charge in [-0.25, -0.2) is 9.18 Å². The molecule has 0 aliphatic heterocycles. The van der Waals surface area contributed by atoms with Gasteiger partial charge in [-0.05, 0) is 13.8 Å². The minimum Gasteiger partial charge on any atom is -0.468 e. The van der Waals surface area contributed by atoms with Crippen molar-refractivity contribution in [1.82, 2.24) is 29.5 Å². The zero-order valence-corrected chi connectivity index (χ0v) is 19.7. The SMILES string of the molecule is CCn1c(CO)nn(-c2nc(O[C@@H](C)C(F)(F)F)c3c(OC(COC)COC)nncc3c2F)c1=O. The van der Waals surface area contributed by atoms with Crippen LogP contribution in [0.4, 0.5) is 17.6 Å². The highest BCUT2D eigenvalue weighted by atomic mass is 19.4. The fraction of sp³-hybridized carbons (Fsp3) is 0.550. The van der Waals surface area contributed by atoms with Crippen LogP contribution in [0.2, 0.25) is 0 Å². The van der Waals surface area contributed by atoms with Crippen LogP contribution in [0.1, 0.15) is 19.7 Å². The Balaban J connectivity index is 2.29. The first-order chi connectivity index (χ1) is 17.1. The number of methoxy groups -OCH3 is 2. The molecule has 36 heavy (non-hydrogen) atoms. The largest absolute Gasteiger partial charge is 0.468 e. The molecule has 3 rings (SSSR count). The van der Waals surface area contributed by atoms with E-state index in [1.165, 1.54) is 14.2 Å². The van der Waals surface area contributed by atoms with Crippen LogP contribution in [0.15, 0.2) is 11.0 Å². The van der Waals surface area contributed by atoms with Crippen LogP contribution >= 0.6 is 0 Å². The van der Waals surface area contributed by atoms with Crippen LogP contribution in [0, 0.1) is 5.82 Å². The van der Waals surface area contributed by atoms with Crippen molar-refractivity contribution in [2.75, 3.05) is 27.4 Å². The molecule has 198 valence electrons. The van der Waals surface area contributed by atoms with Gasteiger partial charge in [-0.1, -0.05) is 0 Å². The van der Waals surface area contributed by atoms with Crippen LogP contribution in [-0.2, 0) is 22.6 Å². The second kappa shape index (κ2) is 11.1. The Kier molecular flexibility index (Phi) is 8.42. The van der Waals surface area contributed by atoms with Gasteiger partial charge in [-0.2, -0.15) is 27.9 Å². The van der Waals surface area contributed by atoms with Crippen LogP contribution < -0.4 is 15.2 Å². The molecule has 0 aromatic carbocycles. The summed E-state index contributed by atoms with van der Waals surface area (Å²) in [5.74, 6) is -3.14. The molecule has 0 radical (unpaired) electrons. The molecule has 0 bridgehead atoms. The maximum atomic E-state index is 15.7. The normalized spacial score (nSPS) is 12.9. The van der Waals surface area contributed by atoms with Gasteiger partial charge in [0.15, 0.2) is 23.6 Å². The van der Waals surface area contributed by atoms with E-state index in [-0.39, 0.29) is 31.0 Å². The van der Waals surface area contributed by atoms with Crippen LogP contribution in [0.5, 0.6) is 11.8 Å². The summed E-state index contributed by atoms with van der Waals surface area (Å²) in [4.78, 5) is 16.6. The van der Waals surface area contributed by atoms with Gasteiger partial charge < -0.3 is 24.1 Å². The van der Waals surface area contributed by atoms with Gasteiger partial charge in [0.05, 0.1) is 24.8 Å². The molecule has 3 aromatic rings. The highest BCUT2D eigenvalue weighted by Gasteiger charge is 2.39. The molecular formula is C20H24F4N6O6. The highest BCUT2D eigenvalue weighted by Crippen LogP contribution is 2.36. The number of aliphatic hydroxyl groups excluding tert-OH is 1. The van der Waals surface area contributed by atoms with Gasteiger partial charge in [-0.3, -0.25) is 4.57 Å². The van der Waals surface area contributed by atoms with E-state index < -0.39 is 59.5 Å². The molecule has 0 spiro atoms. The summed E-state index contributed by atoms with van der Waals surface area (Å²) < 4.78 is 78.1. The van der Waals surface area contributed by atoms with Crippen LogP contribution in [0.25, 0.3) is 16.6 Å². The van der Waals surface area contributed by atoms with Gasteiger partial charge in [0.2, 0.25) is 11.8 Å². The molecule has 0 saturated heterocycles. The number of pyridine rings is 1. The number of aromatic nitrogens is 6. The standard InChI is InChI=1S/C20H24F4N6O6/c1-5-29-13(7-31)28-30(19(29)32)16-15(21)12-6-25-27-18(36-11(8-33-3)9-34-4)14(12)17(26-16)35-10(2)20(22,23)24/h6,10-11,31H,5,7-9H2,1-4H3/t10-/m0/s1. The minimum atomic E-state index is -4.80. The summed E-state index contributed by atoms with van der Waals surface area (Å²) in [5, 5.41) is 20.0. The van der Waals surface area contributed by atoms with Crippen molar-refractivity contribution >= 4 is 10.8 Å². The molecule has 0 aliphatic carbocycles. The molecule has 1 atom stereocenters. The predicted molar refractivity (Wildman–Crippen MR) is 115 cm³/mol. The van der Waals surface area contributed by atoms with E-state index >= 15 is 4.39 Å². The monoisotopic (exact) mass is 520 g/mol. The van der Waals surface area contributed by atoms with E-state index in [1.807, 2.05) is 0 Å². The highest BCUT2D eigenvalue weighted by molar-refractivity contribution is 5.92. The lowest BCUT2D eigenvalue weighted by Gasteiger charge is -2.21. The summed E-state index contributed by atoms with van der Waals surface area (Å²) in [7, 11) is 2.78. The number of ether oxygens (including phenoxy) is 4. The lowest BCUT2D eigenvalue weighted by atomic mass is 10.2. The molecule has 0 fully saturated rings. The van der Waals surface area contributed by atoms with E-state index in [1.54, 1.807) is 6.92 Å². The molecule has 0 aliphatic rings. The summed E-state index contributed by atoms with van der Waals surface area (Å²) in [6.07, 6.45) is -7.04. The third-order valence-corrected chi connectivity index (χ3v) is 5.00. The smallest absolute Gasteiger partial charge is 0.425 e. The Hall–Kier alpha value is -3.37. The number of alkyl halides is 3.